The predicted molar refractivity (Wildman–Crippen MR) is 81.2 cm³/mol. The number of nitrogens with one attached hydrogen (secondary N) is 2. The van der Waals surface area contributed by atoms with Gasteiger partial charge in [-0.3, -0.25) is 5.32 Å². The van der Waals surface area contributed by atoms with Crippen molar-refractivity contribution in [3.63, 3.8) is 0 Å². The standard InChI is InChI=1S/C15H23N3O2/c1-18-9-3-4-12(11-18)10-16-13-5-7-14(8-6-13)17-15(19)20-2/h5-8,12,16H,3-4,9-11H2,1-2H3,(H,17,19). The van der Waals surface area contributed by atoms with Crippen molar-refractivity contribution < 1.29 is 9.53 Å². The molecule has 1 atom stereocenters. The minimum Gasteiger partial charge on any atom is -0.453 e. The van der Waals surface area contributed by atoms with Crippen molar-refractivity contribution in [3.05, 3.63) is 24.3 Å². The molecule has 1 amide bonds. The Morgan fingerprint density at radius 3 is 2.70 bits per heavy atom. The number of piperidine rings is 1. The monoisotopic (exact) mass is 277 g/mol. The lowest BCUT2D eigenvalue weighted by atomic mass is 9.98. The largest absolute Gasteiger partial charge is 0.453 e. The number of carbonyl (C=O) groups excluding carboxylic acids is 1. The summed E-state index contributed by atoms with van der Waals surface area (Å²) < 4.78 is 4.55. The Hall–Kier alpha value is -1.75. The van der Waals surface area contributed by atoms with Gasteiger partial charge in [0.1, 0.15) is 0 Å². The molecule has 0 spiro atoms. The van der Waals surface area contributed by atoms with Crippen molar-refractivity contribution in [1.82, 2.24) is 4.90 Å². The van der Waals surface area contributed by atoms with Gasteiger partial charge < -0.3 is 15.0 Å². The summed E-state index contributed by atoms with van der Waals surface area (Å²) in [5.74, 6) is 0.710. The number of amides is 1. The summed E-state index contributed by atoms with van der Waals surface area (Å²) in [4.78, 5) is 13.5. The minimum absolute atomic E-state index is 0.448. The normalized spacial score (nSPS) is 19.4. The van der Waals surface area contributed by atoms with E-state index in [0.717, 1.165) is 24.5 Å². The van der Waals surface area contributed by atoms with Crippen LogP contribution in [0.4, 0.5) is 16.2 Å². The van der Waals surface area contributed by atoms with Gasteiger partial charge in [0, 0.05) is 24.5 Å². The zero-order valence-corrected chi connectivity index (χ0v) is 12.2. The Bertz CT molecular complexity index is 433. The minimum atomic E-state index is -0.448. The molecule has 1 aromatic carbocycles. The third-order valence-electron chi connectivity index (χ3n) is 3.63. The van der Waals surface area contributed by atoms with E-state index in [-0.39, 0.29) is 0 Å². The quantitative estimate of drug-likeness (QED) is 0.888. The first-order valence-corrected chi connectivity index (χ1v) is 7.05. The van der Waals surface area contributed by atoms with Crippen molar-refractivity contribution in [1.29, 1.82) is 0 Å². The summed E-state index contributed by atoms with van der Waals surface area (Å²) in [6, 6.07) is 7.67. The third kappa shape index (κ3) is 4.42. The van der Waals surface area contributed by atoms with Crippen LogP contribution in [0.2, 0.25) is 0 Å². The highest BCUT2D eigenvalue weighted by Crippen LogP contribution is 2.18. The number of methoxy groups -OCH3 is 1. The Labute approximate surface area is 120 Å². The first-order valence-electron chi connectivity index (χ1n) is 7.05. The first kappa shape index (κ1) is 14.7. The summed E-state index contributed by atoms with van der Waals surface area (Å²) in [7, 11) is 3.53. The molecule has 110 valence electrons. The molecule has 20 heavy (non-hydrogen) atoms. The molecule has 1 fully saturated rings. The van der Waals surface area contributed by atoms with Crippen LogP contribution in [-0.4, -0.2) is 44.8 Å². The van der Waals surface area contributed by atoms with Crippen LogP contribution < -0.4 is 10.6 Å². The smallest absolute Gasteiger partial charge is 0.411 e. The fraction of sp³-hybridized carbons (Fsp3) is 0.533. The highest BCUT2D eigenvalue weighted by Gasteiger charge is 2.16. The Morgan fingerprint density at radius 1 is 1.35 bits per heavy atom. The van der Waals surface area contributed by atoms with E-state index < -0.39 is 6.09 Å². The zero-order valence-electron chi connectivity index (χ0n) is 12.2. The SMILES string of the molecule is COC(=O)Nc1ccc(NCC2CCCN(C)C2)cc1. The molecular weight excluding hydrogens is 254 g/mol. The fourth-order valence-electron chi connectivity index (χ4n) is 2.54. The first-order chi connectivity index (χ1) is 9.67. The lowest BCUT2D eigenvalue weighted by Gasteiger charge is -2.30. The second-order valence-corrected chi connectivity index (χ2v) is 5.35. The molecule has 1 heterocycles. The van der Waals surface area contributed by atoms with E-state index >= 15 is 0 Å². The van der Waals surface area contributed by atoms with Gasteiger partial charge in [0.25, 0.3) is 0 Å². The number of hydrogen-bond donors (Lipinski definition) is 2. The predicted octanol–water partition coefficient (Wildman–Crippen LogP) is 2.62. The molecule has 1 unspecified atom stereocenters. The summed E-state index contributed by atoms with van der Waals surface area (Å²) >= 11 is 0. The average Bonchev–Trinajstić information content (AvgIpc) is 2.46. The van der Waals surface area contributed by atoms with Gasteiger partial charge in [-0.1, -0.05) is 0 Å². The summed E-state index contributed by atoms with van der Waals surface area (Å²) in [6.07, 6.45) is 2.13. The van der Waals surface area contributed by atoms with E-state index in [2.05, 4.69) is 27.3 Å². The molecule has 0 aliphatic carbocycles. The Kier molecular flexibility index (Phi) is 5.24. The maximum Gasteiger partial charge on any atom is 0.411 e. The molecule has 0 radical (unpaired) electrons. The highest BCUT2D eigenvalue weighted by molar-refractivity contribution is 5.84. The summed E-state index contributed by atoms with van der Waals surface area (Å²) in [5, 5.41) is 6.09. The molecule has 0 aromatic heterocycles. The number of carbonyl (C=O) groups is 1. The molecule has 5 nitrogen and oxygen atoms in total. The number of hydrogen-bond acceptors (Lipinski definition) is 4. The number of benzene rings is 1. The van der Waals surface area contributed by atoms with Gasteiger partial charge in [-0.15, -0.1) is 0 Å². The van der Waals surface area contributed by atoms with Gasteiger partial charge in [-0.2, -0.15) is 0 Å². The number of nitrogens with zero attached hydrogens (tertiary/aromatic N) is 1. The lowest BCUT2D eigenvalue weighted by Crippen LogP contribution is -2.35. The van der Waals surface area contributed by atoms with Crippen LogP contribution in [0.25, 0.3) is 0 Å². The number of likely N-dealkylation sites (tertiary alicyclic amines) is 1. The second kappa shape index (κ2) is 7.14. The van der Waals surface area contributed by atoms with Gasteiger partial charge in [-0.25, -0.2) is 4.79 Å². The third-order valence-corrected chi connectivity index (χ3v) is 3.63. The van der Waals surface area contributed by atoms with Crippen LogP contribution in [0.5, 0.6) is 0 Å². The molecule has 1 aliphatic heterocycles. The van der Waals surface area contributed by atoms with Gasteiger partial charge in [-0.05, 0) is 56.6 Å². The number of rotatable bonds is 4. The van der Waals surface area contributed by atoms with E-state index in [1.54, 1.807) is 0 Å². The van der Waals surface area contributed by atoms with E-state index in [9.17, 15) is 4.79 Å². The van der Waals surface area contributed by atoms with Crippen LogP contribution in [0.1, 0.15) is 12.8 Å². The molecule has 5 heteroatoms. The van der Waals surface area contributed by atoms with Gasteiger partial charge in [0.2, 0.25) is 0 Å². The van der Waals surface area contributed by atoms with E-state index in [1.807, 2.05) is 24.3 Å². The van der Waals surface area contributed by atoms with E-state index in [1.165, 1.54) is 26.5 Å². The maximum atomic E-state index is 11.1. The Balaban J connectivity index is 1.80. The molecule has 2 N–H and O–H groups in total. The highest BCUT2D eigenvalue weighted by atomic mass is 16.5. The van der Waals surface area contributed by atoms with Crippen molar-refractivity contribution in [2.75, 3.05) is 44.4 Å². The molecular formula is C15H23N3O2. The van der Waals surface area contributed by atoms with Gasteiger partial charge in [0.05, 0.1) is 7.11 Å². The lowest BCUT2D eigenvalue weighted by molar-refractivity contribution is 0.187. The second-order valence-electron chi connectivity index (χ2n) is 5.35. The molecule has 1 aliphatic rings. The van der Waals surface area contributed by atoms with Crippen molar-refractivity contribution in [2.45, 2.75) is 12.8 Å². The van der Waals surface area contributed by atoms with Crippen LogP contribution in [-0.2, 0) is 4.74 Å². The fourth-order valence-corrected chi connectivity index (χ4v) is 2.54. The maximum absolute atomic E-state index is 11.1. The van der Waals surface area contributed by atoms with Crippen LogP contribution >= 0.6 is 0 Å². The van der Waals surface area contributed by atoms with E-state index in [0.29, 0.717) is 5.92 Å². The van der Waals surface area contributed by atoms with Crippen molar-refractivity contribution in [3.8, 4) is 0 Å². The molecule has 0 bridgehead atoms. The average molecular weight is 277 g/mol. The molecule has 1 saturated heterocycles. The van der Waals surface area contributed by atoms with Gasteiger partial charge in [0.15, 0.2) is 0 Å². The zero-order chi connectivity index (χ0) is 14.4. The molecule has 2 rings (SSSR count). The summed E-state index contributed by atoms with van der Waals surface area (Å²) in [5.41, 5.74) is 1.81. The van der Waals surface area contributed by atoms with Crippen LogP contribution in [0.3, 0.4) is 0 Å². The van der Waals surface area contributed by atoms with Crippen molar-refractivity contribution in [2.24, 2.45) is 5.92 Å². The van der Waals surface area contributed by atoms with Crippen molar-refractivity contribution >= 4 is 17.5 Å². The molecule has 1 aromatic rings. The number of anilines is 2. The number of ether oxygens (including phenoxy) is 1. The topological polar surface area (TPSA) is 53.6 Å². The van der Waals surface area contributed by atoms with E-state index in [4.69, 9.17) is 0 Å². The molecule has 0 saturated carbocycles. The van der Waals surface area contributed by atoms with Crippen LogP contribution in [0, 0.1) is 5.92 Å². The van der Waals surface area contributed by atoms with Gasteiger partial charge >= 0.3 is 6.09 Å². The Morgan fingerprint density at radius 2 is 2.05 bits per heavy atom. The summed E-state index contributed by atoms with van der Waals surface area (Å²) in [6.45, 7) is 3.37. The van der Waals surface area contributed by atoms with Crippen LogP contribution in [0.15, 0.2) is 24.3 Å².